The van der Waals surface area contributed by atoms with Crippen LogP contribution in [0.4, 0.5) is 5.88 Å². The molecule has 1 aromatic heterocycles. The van der Waals surface area contributed by atoms with Gasteiger partial charge in [0.1, 0.15) is 11.3 Å². The summed E-state index contributed by atoms with van der Waals surface area (Å²) in [4.78, 5) is 23.8. The van der Waals surface area contributed by atoms with Crippen molar-refractivity contribution >= 4 is 29.4 Å². The van der Waals surface area contributed by atoms with Gasteiger partial charge in [-0.25, -0.2) is 4.79 Å². The number of ether oxygens (including phenoxy) is 1. The number of aromatic nitrogens is 1. The van der Waals surface area contributed by atoms with Crippen LogP contribution in [-0.2, 0) is 9.53 Å². The molecule has 0 saturated carbocycles. The van der Waals surface area contributed by atoms with Crippen molar-refractivity contribution < 1.29 is 24.0 Å². The van der Waals surface area contributed by atoms with Crippen LogP contribution in [0.25, 0.3) is 0 Å². The highest BCUT2D eigenvalue weighted by Crippen LogP contribution is 2.22. The van der Waals surface area contributed by atoms with E-state index in [1.807, 2.05) is 0 Å². The predicted octanol–water partition coefficient (Wildman–Crippen LogP) is 2.53. The van der Waals surface area contributed by atoms with Gasteiger partial charge in [0.05, 0.1) is 5.69 Å². The molecule has 2 aromatic rings. The summed E-state index contributed by atoms with van der Waals surface area (Å²) in [5, 5.41) is 15.9. The van der Waals surface area contributed by atoms with Crippen molar-refractivity contribution in [1.29, 1.82) is 0 Å². The molecule has 0 radical (unpaired) electrons. The van der Waals surface area contributed by atoms with Gasteiger partial charge in [0.15, 0.2) is 6.10 Å². The van der Waals surface area contributed by atoms with Gasteiger partial charge in [-0.3, -0.25) is 10.1 Å². The molecule has 0 aliphatic heterocycles. The molecule has 0 spiro atoms. The summed E-state index contributed by atoms with van der Waals surface area (Å²) < 4.78 is 9.81. The predicted molar refractivity (Wildman–Crippen MR) is 77.9 cm³/mol. The molecule has 0 aliphatic rings. The molecule has 0 unspecified atom stereocenters. The number of hydrogen-bond acceptors (Lipinski definition) is 6. The number of anilines is 1. The molecule has 0 fully saturated rings. The van der Waals surface area contributed by atoms with Gasteiger partial charge >= 0.3 is 5.97 Å². The number of hydrogen-bond donors (Lipinski definition) is 2. The Balaban J connectivity index is 2.01. The van der Waals surface area contributed by atoms with Crippen molar-refractivity contribution in [3.63, 3.8) is 0 Å². The zero-order chi connectivity index (χ0) is 16.3. The summed E-state index contributed by atoms with van der Waals surface area (Å²) in [7, 11) is 0. The van der Waals surface area contributed by atoms with Crippen LogP contribution in [-0.4, -0.2) is 28.2 Å². The number of nitrogens with zero attached hydrogens (tertiary/aromatic N) is 1. The molecule has 1 aromatic carbocycles. The monoisotopic (exact) mass is 324 g/mol. The van der Waals surface area contributed by atoms with Crippen LogP contribution in [0.1, 0.15) is 23.0 Å². The maximum absolute atomic E-state index is 11.9. The van der Waals surface area contributed by atoms with Gasteiger partial charge in [-0.15, -0.1) is 0 Å². The summed E-state index contributed by atoms with van der Waals surface area (Å²) in [6.45, 7) is 3.09. The second-order valence-corrected chi connectivity index (χ2v) is 4.97. The number of halogens is 1. The molecular formula is C14H13ClN2O5. The highest BCUT2D eigenvalue weighted by molar-refractivity contribution is 6.31. The smallest absolute Gasteiger partial charge is 0.342 e. The molecular weight excluding hydrogens is 312 g/mol. The lowest BCUT2D eigenvalue weighted by molar-refractivity contribution is -0.123. The first-order chi connectivity index (χ1) is 10.4. The number of benzene rings is 1. The van der Waals surface area contributed by atoms with Crippen LogP contribution in [0.2, 0.25) is 5.02 Å². The van der Waals surface area contributed by atoms with Crippen molar-refractivity contribution in [2.24, 2.45) is 0 Å². The highest BCUT2D eigenvalue weighted by atomic mass is 35.5. The third kappa shape index (κ3) is 3.76. The number of nitrogens with one attached hydrogen (secondary N) is 1. The summed E-state index contributed by atoms with van der Waals surface area (Å²) in [6.07, 6.45) is -1.10. The number of phenols is 1. The van der Waals surface area contributed by atoms with E-state index >= 15 is 0 Å². The van der Waals surface area contributed by atoms with Crippen LogP contribution in [0, 0.1) is 6.92 Å². The SMILES string of the molecule is Cc1cc(NC(=O)[C@H](C)OC(=O)c2cc(Cl)ccc2O)on1. The van der Waals surface area contributed by atoms with Crippen LogP contribution < -0.4 is 5.32 Å². The van der Waals surface area contributed by atoms with E-state index in [1.165, 1.54) is 31.2 Å². The number of aryl methyl sites for hydroxylation is 1. The Bertz CT molecular complexity index is 713. The number of rotatable bonds is 4. The fourth-order valence-corrected chi connectivity index (χ4v) is 1.77. The van der Waals surface area contributed by atoms with Crippen LogP contribution in [0.5, 0.6) is 5.75 Å². The van der Waals surface area contributed by atoms with E-state index in [2.05, 4.69) is 10.5 Å². The molecule has 22 heavy (non-hydrogen) atoms. The maximum atomic E-state index is 11.9. The van der Waals surface area contributed by atoms with Gasteiger partial charge in [-0.05, 0) is 32.0 Å². The number of carbonyl (C=O) groups excluding carboxylic acids is 2. The normalized spacial score (nSPS) is 11.8. The number of carbonyl (C=O) groups is 2. The van der Waals surface area contributed by atoms with Crippen molar-refractivity contribution in [3.8, 4) is 5.75 Å². The Labute approximate surface area is 130 Å². The Morgan fingerprint density at radius 3 is 2.77 bits per heavy atom. The second-order valence-electron chi connectivity index (χ2n) is 4.53. The van der Waals surface area contributed by atoms with E-state index in [0.29, 0.717) is 5.69 Å². The largest absolute Gasteiger partial charge is 0.507 e. The first kappa shape index (κ1) is 15.8. The minimum absolute atomic E-state index is 0.123. The summed E-state index contributed by atoms with van der Waals surface area (Å²) >= 11 is 5.75. The lowest BCUT2D eigenvalue weighted by atomic mass is 10.2. The second kappa shape index (κ2) is 6.48. The first-order valence-corrected chi connectivity index (χ1v) is 6.68. The van der Waals surface area contributed by atoms with Crippen molar-refractivity contribution in [2.75, 3.05) is 5.32 Å². The first-order valence-electron chi connectivity index (χ1n) is 6.30. The number of aromatic hydroxyl groups is 1. The van der Waals surface area contributed by atoms with Crippen molar-refractivity contribution in [1.82, 2.24) is 5.16 Å². The lowest BCUT2D eigenvalue weighted by Gasteiger charge is -2.12. The van der Waals surface area contributed by atoms with Crippen LogP contribution >= 0.6 is 11.6 Å². The third-order valence-electron chi connectivity index (χ3n) is 2.71. The Morgan fingerprint density at radius 2 is 2.14 bits per heavy atom. The quantitative estimate of drug-likeness (QED) is 0.838. The van der Waals surface area contributed by atoms with Gasteiger partial charge in [0, 0.05) is 11.1 Å². The van der Waals surface area contributed by atoms with Crippen LogP contribution in [0.15, 0.2) is 28.8 Å². The number of phenolic OH excluding ortho intramolecular Hbond substituents is 1. The fraction of sp³-hybridized carbons (Fsp3) is 0.214. The van der Waals surface area contributed by atoms with E-state index < -0.39 is 18.0 Å². The summed E-state index contributed by atoms with van der Waals surface area (Å²) in [5.74, 6) is -1.59. The van der Waals surface area contributed by atoms with Gasteiger partial charge in [0.2, 0.25) is 5.88 Å². The standard InChI is InChI=1S/C14H13ClN2O5/c1-7-5-12(22-17-7)16-13(19)8(2)21-14(20)10-6-9(15)3-4-11(10)18/h3-6,8,18H,1-2H3,(H,16,19)/t8-/m0/s1. The molecule has 1 amide bonds. The van der Waals surface area contributed by atoms with Gasteiger partial charge in [-0.1, -0.05) is 16.8 Å². The molecule has 2 rings (SSSR count). The van der Waals surface area contributed by atoms with E-state index in [4.69, 9.17) is 20.9 Å². The summed E-state index contributed by atoms with van der Waals surface area (Å²) in [6, 6.07) is 5.47. The van der Waals surface area contributed by atoms with Crippen molar-refractivity contribution in [2.45, 2.75) is 20.0 Å². The number of esters is 1. The van der Waals surface area contributed by atoms with Crippen LogP contribution in [0.3, 0.4) is 0 Å². The molecule has 116 valence electrons. The lowest BCUT2D eigenvalue weighted by Crippen LogP contribution is -2.29. The molecule has 8 heteroatoms. The van der Waals surface area contributed by atoms with E-state index in [1.54, 1.807) is 6.92 Å². The zero-order valence-electron chi connectivity index (χ0n) is 11.8. The topological polar surface area (TPSA) is 102 Å². The third-order valence-corrected chi connectivity index (χ3v) is 2.94. The summed E-state index contributed by atoms with van der Waals surface area (Å²) in [5.41, 5.74) is 0.478. The minimum Gasteiger partial charge on any atom is -0.507 e. The highest BCUT2D eigenvalue weighted by Gasteiger charge is 2.22. The molecule has 0 saturated heterocycles. The molecule has 1 heterocycles. The van der Waals surface area contributed by atoms with E-state index in [0.717, 1.165) is 0 Å². The Hall–Kier alpha value is -2.54. The maximum Gasteiger partial charge on any atom is 0.342 e. The molecule has 2 N–H and O–H groups in total. The number of amides is 1. The molecule has 0 bridgehead atoms. The Kier molecular flexibility index (Phi) is 4.67. The fourth-order valence-electron chi connectivity index (χ4n) is 1.59. The van der Waals surface area contributed by atoms with E-state index in [9.17, 15) is 14.7 Å². The molecule has 7 nitrogen and oxygen atoms in total. The molecule has 1 atom stereocenters. The van der Waals surface area contributed by atoms with Gasteiger partial charge in [0.25, 0.3) is 5.91 Å². The average molecular weight is 325 g/mol. The minimum atomic E-state index is -1.10. The molecule has 0 aliphatic carbocycles. The van der Waals surface area contributed by atoms with Crippen molar-refractivity contribution in [3.05, 3.63) is 40.5 Å². The Morgan fingerprint density at radius 1 is 1.41 bits per heavy atom. The average Bonchev–Trinajstić information content (AvgIpc) is 2.86. The van der Waals surface area contributed by atoms with Gasteiger partial charge in [-0.2, -0.15) is 0 Å². The van der Waals surface area contributed by atoms with Gasteiger partial charge < -0.3 is 14.4 Å². The van der Waals surface area contributed by atoms with E-state index in [-0.39, 0.29) is 22.2 Å². The zero-order valence-corrected chi connectivity index (χ0v) is 12.5.